The second-order valence-corrected chi connectivity index (χ2v) is 6.53. The molecule has 0 radical (unpaired) electrons. The van der Waals surface area contributed by atoms with Crippen molar-refractivity contribution in [3.8, 4) is 11.4 Å². The summed E-state index contributed by atoms with van der Waals surface area (Å²) in [6.45, 7) is 3.41. The van der Waals surface area contributed by atoms with E-state index in [9.17, 15) is 18.0 Å². The molecule has 3 aromatic heterocycles. The number of carbonyl (C=O) groups excluding carboxylic acids is 1. The van der Waals surface area contributed by atoms with Crippen molar-refractivity contribution >= 4 is 5.91 Å². The molecule has 0 aromatic carbocycles. The summed E-state index contributed by atoms with van der Waals surface area (Å²) in [6, 6.07) is 3.37. The van der Waals surface area contributed by atoms with Crippen LogP contribution >= 0.6 is 0 Å². The van der Waals surface area contributed by atoms with Crippen molar-refractivity contribution in [2.75, 3.05) is 7.11 Å². The number of methoxy groups -OCH3 is 1. The third-order valence-electron chi connectivity index (χ3n) is 4.37. The fourth-order valence-corrected chi connectivity index (χ4v) is 2.61. The molecular weight excluding hydrogens is 405 g/mol. The van der Waals surface area contributed by atoms with E-state index in [1.807, 2.05) is 6.92 Å². The van der Waals surface area contributed by atoms with Crippen molar-refractivity contribution in [2.24, 2.45) is 7.05 Å². The van der Waals surface area contributed by atoms with Crippen LogP contribution in [0.2, 0.25) is 0 Å². The molecule has 9 nitrogen and oxygen atoms in total. The number of aryl methyl sites for hydroxylation is 1. The van der Waals surface area contributed by atoms with E-state index >= 15 is 0 Å². The summed E-state index contributed by atoms with van der Waals surface area (Å²) in [6.07, 6.45) is -3.29. The van der Waals surface area contributed by atoms with E-state index in [1.165, 1.54) is 7.05 Å². The molecule has 0 spiro atoms. The van der Waals surface area contributed by atoms with Crippen molar-refractivity contribution < 1.29 is 27.2 Å². The number of hydrogen-bond donors (Lipinski definition) is 1. The molecule has 0 aliphatic rings. The van der Waals surface area contributed by atoms with Gasteiger partial charge in [0.2, 0.25) is 11.7 Å². The van der Waals surface area contributed by atoms with E-state index in [0.717, 1.165) is 4.68 Å². The van der Waals surface area contributed by atoms with Crippen molar-refractivity contribution in [3.05, 3.63) is 47.4 Å². The molecule has 3 aromatic rings. The molecule has 0 bridgehead atoms. The maximum atomic E-state index is 12.8. The molecule has 0 unspecified atom stereocenters. The van der Waals surface area contributed by atoms with E-state index in [4.69, 9.17) is 9.26 Å². The van der Waals surface area contributed by atoms with E-state index in [0.29, 0.717) is 17.3 Å². The van der Waals surface area contributed by atoms with Crippen LogP contribution in [0.4, 0.5) is 13.2 Å². The van der Waals surface area contributed by atoms with E-state index in [2.05, 4.69) is 25.5 Å². The smallest absolute Gasteiger partial charge is 0.375 e. The van der Waals surface area contributed by atoms with Gasteiger partial charge in [-0.15, -0.1) is 0 Å². The maximum Gasteiger partial charge on any atom is 0.435 e. The Labute approximate surface area is 169 Å². The molecule has 160 valence electrons. The second-order valence-electron chi connectivity index (χ2n) is 6.53. The number of pyridine rings is 1. The first-order chi connectivity index (χ1) is 14.1. The Morgan fingerprint density at radius 2 is 2.03 bits per heavy atom. The third kappa shape index (κ3) is 4.48. The second kappa shape index (κ2) is 8.22. The fourth-order valence-electron chi connectivity index (χ4n) is 2.61. The van der Waals surface area contributed by atoms with Crippen LogP contribution in [0.1, 0.15) is 53.8 Å². The van der Waals surface area contributed by atoms with Crippen molar-refractivity contribution in [1.82, 2.24) is 30.2 Å². The Morgan fingerprint density at radius 3 is 2.67 bits per heavy atom. The Morgan fingerprint density at radius 1 is 1.30 bits per heavy atom. The maximum absolute atomic E-state index is 12.8. The lowest BCUT2D eigenvalue weighted by atomic mass is 10.1. The summed E-state index contributed by atoms with van der Waals surface area (Å²) >= 11 is 0. The number of nitrogens with one attached hydrogen (secondary N) is 1. The summed E-state index contributed by atoms with van der Waals surface area (Å²) in [7, 11) is 2.82. The van der Waals surface area contributed by atoms with Crippen LogP contribution in [0.25, 0.3) is 11.4 Å². The number of alkyl halides is 3. The van der Waals surface area contributed by atoms with Gasteiger partial charge in [0.1, 0.15) is 11.7 Å². The molecule has 0 saturated heterocycles. The molecule has 2 atom stereocenters. The summed E-state index contributed by atoms with van der Waals surface area (Å²) < 4.78 is 49.7. The number of rotatable bonds is 6. The standard InChI is InChI=1S/C18H19F3N6O3/c1-9(23-16(28)13-8-14(18(19,20)21)25-27(13)3)17-24-15(26-30-17)11-5-6-22-12(7-11)10(2)29-4/h5-10H,1-4H3,(H,23,28)/t9-,10-/m0/s1. The first kappa shape index (κ1) is 21.4. The number of halogens is 3. The van der Waals surface area contributed by atoms with E-state index in [1.54, 1.807) is 32.4 Å². The molecule has 0 aliphatic carbocycles. The summed E-state index contributed by atoms with van der Waals surface area (Å²) in [4.78, 5) is 20.8. The van der Waals surface area contributed by atoms with Gasteiger partial charge in [-0.05, 0) is 26.0 Å². The zero-order valence-corrected chi connectivity index (χ0v) is 16.6. The average molecular weight is 424 g/mol. The van der Waals surface area contributed by atoms with Crippen LogP contribution in [0.3, 0.4) is 0 Å². The zero-order valence-electron chi connectivity index (χ0n) is 16.6. The van der Waals surface area contributed by atoms with Gasteiger partial charge in [0.15, 0.2) is 5.69 Å². The molecular formula is C18H19F3N6O3. The normalized spacial score (nSPS) is 13.8. The minimum atomic E-state index is -4.65. The number of nitrogens with zero attached hydrogens (tertiary/aromatic N) is 5. The van der Waals surface area contributed by atoms with Crippen LogP contribution in [-0.2, 0) is 18.0 Å². The molecule has 0 saturated carbocycles. The molecule has 3 heterocycles. The zero-order chi connectivity index (χ0) is 22.1. The van der Waals surface area contributed by atoms with Crippen LogP contribution < -0.4 is 5.32 Å². The average Bonchev–Trinajstić information content (AvgIpc) is 3.34. The molecule has 1 amide bonds. The summed E-state index contributed by atoms with van der Waals surface area (Å²) in [5, 5.41) is 9.74. The van der Waals surface area contributed by atoms with Gasteiger partial charge >= 0.3 is 6.18 Å². The predicted octanol–water partition coefficient (Wildman–Crippen LogP) is 3.08. The number of carbonyl (C=O) groups is 1. The SMILES string of the molecule is CO[C@@H](C)c1cc(-c2noc([C@H](C)NC(=O)c3cc(C(F)(F)F)nn3C)n2)ccn1. The third-order valence-corrected chi connectivity index (χ3v) is 4.37. The Hall–Kier alpha value is -3.28. The highest BCUT2D eigenvalue weighted by atomic mass is 19.4. The lowest BCUT2D eigenvalue weighted by Gasteiger charge is -2.09. The summed E-state index contributed by atoms with van der Waals surface area (Å²) in [5.41, 5.74) is -0.0823. The van der Waals surface area contributed by atoms with Gasteiger partial charge in [-0.1, -0.05) is 5.16 Å². The van der Waals surface area contributed by atoms with Gasteiger partial charge < -0.3 is 14.6 Å². The van der Waals surface area contributed by atoms with Gasteiger partial charge in [0.25, 0.3) is 5.91 Å². The first-order valence-electron chi connectivity index (χ1n) is 8.85. The molecule has 3 rings (SSSR count). The quantitative estimate of drug-likeness (QED) is 0.648. The number of ether oxygens (including phenoxy) is 1. The summed E-state index contributed by atoms with van der Waals surface area (Å²) in [5.74, 6) is -0.388. The largest absolute Gasteiger partial charge is 0.435 e. The molecule has 30 heavy (non-hydrogen) atoms. The molecule has 1 N–H and O–H groups in total. The topological polar surface area (TPSA) is 108 Å². The monoisotopic (exact) mass is 424 g/mol. The molecule has 12 heteroatoms. The fraction of sp³-hybridized carbons (Fsp3) is 0.389. The minimum Gasteiger partial charge on any atom is -0.375 e. The van der Waals surface area contributed by atoms with Crippen LogP contribution in [-0.4, -0.2) is 37.9 Å². The Balaban J connectivity index is 1.75. The Kier molecular flexibility index (Phi) is 5.87. The van der Waals surface area contributed by atoms with Crippen molar-refractivity contribution in [2.45, 2.75) is 32.2 Å². The lowest BCUT2D eigenvalue weighted by Crippen LogP contribution is -2.28. The lowest BCUT2D eigenvalue weighted by molar-refractivity contribution is -0.141. The number of aromatic nitrogens is 5. The van der Waals surface area contributed by atoms with Crippen molar-refractivity contribution in [1.29, 1.82) is 0 Å². The van der Waals surface area contributed by atoms with Crippen molar-refractivity contribution in [3.63, 3.8) is 0 Å². The van der Waals surface area contributed by atoms with Crippen LogP contribution in [0, 0.1) is 0 Å². The molecule has 0 aliphatic heterocycles. The van der Waals surface area contributed by atoms with Gasteiger partial charge in [-0.25, -0.2) is 0 Å². The molecule has 0 fully saturated rings. The number of hydrogen-bond acceptors (Lipinski definition) is 7. The van der Waals surface area contributed by atoms with Crippen LogP contribution in [0.5, 0.6) is 0 Å². The van der Waals surface area contributed by atoms with E-state index < -0.39 is 23.8 Å². The van der Waals surface area contributed by atoms with Gasteiger partial charge in [0, 0.05) is 32.0 Å². The highest BCUT2D eigenvalue weighted by Crippen LogP contribution is 2.28. The first-order valence-corrected chi connectivity index (χ1v) is 8.85. The van der Waals surface area contributed by atoms with Crippen LogP contribution in [0.15, 0.2) is 28.9 Å². The highest BCUT2D eigenvalue weighted by Gasteiger charge is 2.35. The highest BCUT2D eigenvalue weighted by molar-refractivity contribution is 5.92. The van der Waals surface area contributed by atoms with Gasteiger partial charge in [0.05, 0.1) is 11.8 Å². The predicted molar refractivity (Wildman–Crippen MR) is 97.0 cm³/mol. The van der Waals surface area contributed by atoms with Gasteiger partial charge in [-0.3, -0.25) is 14.5 Å². The Bertz CT molecular complexity index is 1050. The minimum absolute atomic E-state index is 0.0923. The van der Waals surface area contributed by atoms with Gasteiger partial charge in [-0.2, -0.15) is 23.3 Å². The number of amides is 1. The van der Waals surface area contributed by atoms with E-state index in [-0.39, 0.29) is 23.5 Å².